The van der Waals surface area contributed by atoms with Crippen LogP contribution in [0.2, 0.25) is 0 Å². The van der Waals surface area contributed by atoms with Crippen LogP contribution in [0.15, 0.2) is 12.5 Å². The third kappa shape index (κ3) is 2.78. The summed E-state index contributed by atoms with van der Waals surface area (Å²) < 4.78 is 2.49. The van der Waals surface area contributed by atoms with Gasteiger partial charge < -0.3 is 9.88 Å². The zero-order valence-corrected chi connectivity index (χ0v) is 13.2. The Morgan fingerprint density at radius 2 is 2.00 bits per heavy atom. The van der Waals surface area contributed by atoms with Crippen molar-refractivity contribution in [3.63, 3.8) is 0 Å². The van der Waals surface area contributed by atoms with E-state index < -0.39 is 0 Å². The highest BCUT2D eigenvalue weighted by molar-refractivity contribution is 5.09. The maximum Gasteiger partial charge on any atom is 0.0951 e. The molecule has 112 valence electrons. The molecular formula is C17H29N3. The zero-order valence-electron chi connectivity index (χ0n) is 13.2. The molecule has 1 saturated heterocycles. The lowest BCUT2D eigenvalue weighted by atomic mass is 9.79. The molecule has 0 radical (unpaired) electrons. The first-order valence-corrected chi connectivity index (χ1v) is 8.43. The molecule has 0 aromatic carbocycles. The predicted molar refractivity (Wildman–Crippen MR) is 82.6 cm³/mol. The number of piperidine rings is 1. The van der Waals surface area contributed by atoms with Crippen molar-refractivity contribution in [2.75, 3.05) is 0 Å². The van der Waals surface area contributed by atoms with E-state index in [4.69, 9.17) is 0 Å². The minimum Gasteiger partial charge on any atom is -0.330 e. The van der Waals surface area contributed by atoms with Crippen molar-refractivity contribution in [3.8, 4) is 0 Å². The molecule has 1 N–H and O–H groups in total. The third-order valence-corrected chi connectivity index (χ3v) is 5.41. The summed E-state index contributed by atoms with van der Waals surface area (Å²) in [7, 11) is 0. The second kappa shape index (κ2) is 5.88. The fourth-order valence-electron chi connectivity index (χ4n) is 4.30. The summed E-state index contributed by atoms with van der Waals surface area (Å²) in [6, 6.07) is 1.80. The van der Waals surface area contributed by atoms with E-state index >= 15 is 0 Å². The first kappa shape index (κ1) is 14.1. The molecule has 1 saturated carbocycles. The average molecular weight is 275 g/mol. The van der Waals surface area contributed by atoms with Gasteiger partial charge in [0.1, 0.15) is 0 Å². The topological polar surface area (TPSA) is 29.9 Å². The quantitative estimate of drug-likeness (QED) is 0.881. The monoisotopic (exact) mass is 275 g/mol. The molecule has 1 aliphatic heterocycles. The van der Waals surface area contributed by atoms with E-state index in [1.165, 1.54) is 44.2 Å². The first-order valence-electron chi connectivity index (χ1n) is 8.43. The number of rotatable bonds is 2. The van der Waals surface area contributed by atoms with Gasteiger partial charge in [-0.2, -0.15) is 0 Å². The molecular weight excluding hydrogens is 246 g/mol. The van der Waals surface area contributed by atoms with Gasteiger partial charge in [-0.15, -0.1) is 0 Å². The van der Waals surface area contributed by atoms with Crippen LogP contribution in [-0.2, 0) is 0 Å². The maximum absolute atomic E-state index is 4.47. The molecule has 1 aromatic heterocycles. The van der Waals surface area contributed by atoms with E-state index in [1.54, 1.807) is 0 Å². The fraction of sp³-hybridized carbons (Fsp3) is 0.824. The van der Waals surface area contributed by atoms with Crippen molar-refractivity contribution >= 4 is 0 Å². The highest BCUT2D eigenvalue weighted by atomic mass is 15.1. The number of imidazole rings is 1. The Labute approximate surface area is 123 Å². The van der Waals surface area contributed by atoms with E-state index in [2.05, 4.69) is 48.2 Å². The Balaban J connectivity index is 1.79. The number of nitrogens with zero attached hydrogens (tertiary/aromatic N) is 2. The fourth-order valence-corrected chi connectivity index (χ4v) is 4.30. The molecule has 0 amide bonds. The van der Waals surface area contributed by atoms with Gasteiger partial charge in [0.05, 0.1) is 12.0 Å². The van der Waals surface area contributed by atoms with Crippen molar-refractivity contribution in [1.82, 2.24) is 14.9 Å². The van der Waals surface area contributed by atoms with E-state index in [-0.39, 0.29) is 0 Å². The molecule has 5 unspecified atom stereocenters. The minimum absolute atomic E-state index is 0.507. The Bertz CT molecular complexity index is 439. The lowest BCUT2D eigenvalue weighted by Crippen LogP contribution is -2.36. The van der Waals surface area contributed by atoms with Gasteiger partial charge in [0.15, 0.2) is 0 Å². The molecule has 3 heteroatoms. The first-order chi connectivity index (χ1) is 9.65. The molecule has 0 bridgehead atoms. The van der Waals surface area contributed by atoms with Gasteiger partial charge in [0.25, 0.3) is 0 Å². The van der Waals surface area contributed by atoms with Crippen LogP contribution >= 0.6 is 0 Å². The zero-order chi connectivity index (χ0) is 14.1. The summed E-state index contributed by atoms with van der Waals surface area (Å²) in [5.41, 5.74) is 1.42. The SMILES string of the molecule is CC1CCC(n2cncc2C2CCCC(C)N2)C(C)C1. The summed E-state index contributed by atoms with van der Waals surface area (Å²) >= 11 is 0. The molecule has 2 heterocycles. The lowest BCUT2D eigenvalue weighted by Gasteiger charge is -2.36. The van der Waals surface area contributed by atoms with Crippen molar-refractivity contribution in [2.45, 2.75) is 77.4 Å². The largest absolute Gasteiger partial charge is 0.330 e. The maximum atomic E-state index is 4.47. The van der Waals surface area contributed by atoms with E-state index in [1.807, 2.05) is 0 Å². The predicted octanol–water partition coefficient (Wildman–Crippen LogP) is 4.08. The lowest BCUT2D eigenvalue weighted by molar-refractivity contribution is 0.198. The molecule has 2 aliphatic rings. The van der Waals surface area contributed by atoms with Crippen LogP contribution < -0.4 is 5.32 Å². The van der Waals surface area contributed by atoms with Gasteiger partial charge in [-0.1, -0.05) is 13.8 Å². The molecule has 0 spiro atoms. The van der Waals surface area contributed by atoms with Crippen LogP contribution in [0, 0.1) is 11.8 Å². The summed E-state index contributed by atoms with van der Waals surface area (Å²) in [5, 5.41) is 3.76. The highest BCUT2D eigenvalue weighted by Gasteiger charge is 2.30. The molecule has 3 nitrogen and oxygen atoms in total. The number of nitrogens with one attached hydrogen (secondary N) is 1. The Hall–Kier alpha value is -0.830. The molecule has 1 aromatic rings. The van der Waals surface area contributed by atoms with Crippen LogP contribution in [-0.4, -0.2) is 15.6 Å². The number of hydrogen-bond donors (Lipinski definition) is 1. The van der Waals surface area contributed by atoms with Crippen molar-refractivity contribution in [2.24, 2.45) is 11.8 Å². The Morgan fingerprint density at radius 3 is 2.75 bits per heavy atom. The van der Waals surface area contributed by atoms with Crippen LogP contribution in [0.5, 0.6) is 0 Å². The van der Waals surface area contributed by atoms with Crippen LogP contribution in [0.25, 0.3) is 0 Å². The van der Waals surface area contributed by atoms with E-state index in [0.717, 1.165) is 11.8 Å². The molecule has 2 fully saturated rings. The summed E-state index contributed by atoms with van der Waals surface area (Å²) in [6.45, 7) is 7.12. The third-order valence-electron chi connectivity index (χ3n) is 5.41. The second-order valence-electron chi connectivity index (χ2n) is 7.24. The van der Waals surface area contributed by atoms with Crippen LogP contribution in [0.1, 0.15) is 77.1 Å². The van der Waals surface area contributed by atoms with Crippen molar-refractivity contribution in [3.05, 3.63) is 18.2 Å². The smallest absolute Gasteiger partial charge is 0.0951 e. The van der Waals surface area contributed by atoms with Gasteiger partial charge in [0, 0.05) is 24.3 Å². The van der Waals surface area contributed by atoms with Gasteiger partial charge in [-0.3, -0.25) is 0 Å². The van der Waals surface area contributed by atoms with Crippen LogP contribution in [0.3, 0.4) is 0 Å². The molecule has 1 aliphatic carbocycles. The minimum atomic E-state index is 0.507. The Kier molecular flexibility index (Phi) is 4.16. The van der Waals surface area contributed by atoms with Gasteiger partial charge in [0.2, 0.25) is 0 Å². The summed E-state index contributed by atoms with van der Waals surface area (Å²) in [6.07, 6.45) is 12.1. The normalized spacial score (nSPS) is 38.9. The van der Waals surface area contributed by atoms with Crippen LogP contribution in [0.4, 0.5) is 0 Å². The molecule has 5 atom stereocenters. The molecule has 3 rings (SSSR count). The standard InChI is InChI=1S/C17H29N3/c1-12-7-8-16(13(2)9-12)20-11-18-10-17(20)15-6-4-5-14(3)19-15/h10-16,19H,4-9H2,1-3H3. The van der Waals surface area contributed by atoms with Gasteiger partial charge in [-0.25, -0.2) is 4.98 Å². The summed E-state index contributed by atoms with van der Waals surface area (Å²) in [5.74, 6) is 1.66. The van der Waals surface area contributed by atoms with Gasteiger partial charge in [-0.05, 0) is 57.3 Å². The second-order valence-corrected chi connectivity index (χ2v) is 7.24. The van der Waals surface area contributed by atoms with E-state index in [9.17, 15) is 0 Å². The highest BCUT2D eigenvalue weighted by Crippen LogP contribution is 2.38. The number of aromatic nitrogens is 2. The summed E-state index contributed by atoms with van der Waals surface area (Å²) in [4.78, 5) is 4.47. The Morgan fingerprint density at radius 1 is 1.15 bits per heavy atom. The number of hydrogen-bond acceptors (Lipinski definition) is 2. The van der Waals surface area contributed by atoms with Crippen molar-refractivity contribution in [1.29, 1.82) is 0 Å². The van der Waals surface area contributed by atoms with Crippen molar-refractivity contribution < 1.29 is 0 Å². The average Bonchev–Trinajstić information content (AvgIpc) is 2.87. The molecule has 20 heavy (non-hydrogen) atoms. The van der Waals surface area contributed by atoms with Gasteiger partial charge >= 0.3 is 0 Å². The van der Waals surface area contributed by atoms with E-state index in [0.29, 0.717) is 18.1 Å².